The van der Waals surface area contributed by atoms with Crippen LogP contribution in [0.2, 0.25) is 0 Å². The van der Waals surface area contributed by atoms with Crippen molar-refractivity contribution >= 4 is 23.2 Å². The minimum absolute atomic E-state index is 0.0423. The first-order valence-electron chi connectivity index (χ1n) is 9.82. The van der Waals surface area contributed by atoms with E-state index in [1.54, 1.807) is 12.1 Å². The summed E-state index contributed by atoms with van der Waals surface area (Å²) in [5.74, 6) is 0.273. The third-order valence-electron chi connectivity index (χ3n) is 4.93. The smallest absolute Gasteiger partial charge is 0.251 e. The quantitative estimate of drug-likeness (QED) is 0.635. The van der Waals surface area contributed by atoms with E-state index in [1.165, 1.54) is 0 Å². The van der Waals surface area contributed by atoms with Gasteiger partial charge in [0.05, 0.1) is 24.6 Å². The first-order valence-corrected chi connectivity index (χ1v) is 9.82. The van der Waals surface area contributed by atoms with Gasteiger partial charge in [-0.25, -0.2) is 0 Å². The van der Waals surface area contributed by atoms with Crippen molar-refractivity contribution in [2.24, 2.45) is 5.92 Å². The fourth-order valence-corrected chi connectivity index (χ4v) is 3.46. The lowest BCUT2D eigenvalue weighted by atomic mass is 10.00. The zero-order chi connectivity index (χ0) is 19.2. The number of nitrogens with one attached hydrogen (secondary N) is 3. The maximum absolute atomic E-state index is 12.4. The van der Waals surface area contributed by atoms with Crippen LogP contribution >= 0.6 is 0 Å². The third kappa shape index (κ3) is 5.43. The molecule has 2 heterocycles. The third-order valence-corrected chi connectivity index (χ3v) is 4.93. The standard InChI is InChI=1S/C20H30N4O3/c1-14(2)12-18-20(26)23-17-13-15(4-5-16(17)22-18)19(25)21-6-3-7-24-8-10-27-11-9-24/h4-5,13-14,18,22H,3,6-12H2,1-2H3,(H,21,25)(H,23,26)/t18-/m0/s1. The van der Waals surface area contributed by atoms with Gasteiger partial charge in [0, 0.05) is 25.2 Å². The minimum Gasteiger partial charge on any atom is -0.379 e. The Kier molecular flexibility index (Phi) is 6.68. The molecule has 148 valence electrons. The molecular weight excluding hydrogens is 344 g/mol. The molecule has 3 N–H and O–H groups in total. The highest BCUT2D eigenvalue weighted by Gasteiger charge is 2.26. The highest BCUT2D eigenvalue weighted by molar-refractivity contribution is 6.05. The van der Waals surface area contributed by atoms with Gasteiger partial charge in [-0.15, -0.1) is 0 Å². The lowest BCUT2D eigenvalue weighted by molar-refractivity contribution is -0.117. The second-order valence-electron chi connectivity index (χ2n) is 7.64. The summed E-state index contributed by atoms with van der Waals surface area (Å²) in [5, 5.41) is 9.16. The van der Waals surface area contributed by atoms with Crippen molar-refractivity contribution in [3.63, 3.8) is 0 Å². The Morgan fingerprint density at radius 2 is 2.07 bits per heavy atom. The van der Waals surface area contributed by atoms with Crippen LogP contribution in [0.1, 0.15) is 37.0 Å². The number of anilines is 2. The maximum Gasteiger partial charge on any atom is 0.251 e. The van der Waals surface area contributed by atoms with E-state index in [-0.39, 0.29) is 17.9 Å². The summed E-state index contributed by atoms with van der Waals surface area (Å²) >= 11 is 0. The minimum atomic E-state index is -0.225. The number of carbonyl (C=O) groups is 2. The molecule has 0 aliphatic carbocycles. The van der Waals surface area contributed by atoms with Gasteiger partial charge >= 0.3 is 0 Å². The average molecular weight is 374 g/mol. The van der Waals surface area contributed by atoms with Crippen LogP contribution in [0.4, 0.5) is 11.4 Å². The summed E-state index contributed by atoms with van der Waals surface area (Å²) in [6, 6.07) is 5.18. The highest BCUT2D eigenvalue weighted by atomic mass is 16.5. The van der Waals surface area contributed by atoms with Crippen molar-refractivity contribution in [3.05, 3.63) is 23.8 Å². The Morgan fingerprint density at radius 1 is 1.30 bits per heavy atom. The number of carbonyl (C=O) groups excluding carboxylic acids is 2. The maximum atomic E-state index is 12.4. The number of ether oxygens (including phenoxy) is 1. The molecule has 7 nitrogen and oxygen atoms in total. The molecule has 1 aromatic rings. The second kappa shape index (κ2) is 9.19. The van der Waals surface area contributed by atoms with Crippen LogP contribution in [0.3, 0.4) is 0 Å². The molecule has 2 aliphatic heterocycles. The predicted molar refractivity (Wildman–Crippen MR) is 106 cm³/mol. The topological polar surface area (TPSA) is 82.7 Å². The Balaban J connectivity index is 1.50. The Morgan fingerprint density at radius 3 is 2.81 bits per heavy atom. The zero-order valence-electron chi connectivity index (χ0n) is 16.2. The van der Waals surface area contributed by atoms with E-state index in [9.17, 15) is 9.59 Å². The summed E-state index contributed by atoms with van der Waals surface area (Å²) in [7, 11) is 0. The van der Waals surface area contributed by atoms with Crippen LogP contribution in [0.5, 0.6) is 0 Å². The second-order valence-corrected chi connectivity index (χ2v) is 7.64. The van der Waals surface area contributed by atoms with Gasteiger partial charge in [0.15, 0.2) is 0 Å². The molecule has 0 spiro atoms. The van der Waals surface area contributed by atoms with Crippen molar-refractivity contribution in [3.8, 4) is 0 Å². The van der Waals surface area contributed by atoms with Gasteiger partial charge in [0.2, 0.25) is 5.91 Å². The molecule has 3 rings (SSSR count). The predicted octanol–water partition coefficient (Wildman–Crippen LogP) is 1.92. The molecule has 0 bridgehead atoms. The first kappa shape index (κ1) is 19.6. The SMILES string of the molecule is CC(C)C[C@@H]1Nc2ccc(C(=O)NCCCN3CCOCC3)cc2NC1=O. The summed E-state index contributed by atoms with van der Waals surface area (Å²) < 4.78 is 5.33. The van der Waals surface area contributed by atoms with E-state index in [0.717, 1.165) is 51.4 Å². The van der Waals surface area contributed by atoms with Gasteiger partial charge < -0.3 is 20.7 Å². The van der Waals surface area contributed by atoms with E-state index in [1.807, 2.05) is 6.07 Å². The van der Waals surface area contributed by atoms with Gasteiger partial charge in [-0.3, -0.25) is 14.5 Å². The van der Waals surface area contributed by atoms with Gasteiger partial charge in [0.25, 0.3) is 5.91 Å². The van der Waals surface area contributed by atoms with Crippen molar-refractivity contribution in [2.45, 2.75) is 32.7 Å². The summed E-state index contributed by atoms with van der Waals surface area (Å²) in [5.41, 5.74) is 2.09. The summed E-state index contributed by atoms with van der Waals surface area (Å²) in [4.78, 5) is 27.0. The molecule has 2 amide bonds. The lowest BCUT2D eigenvalue weighted by Crippen LogP contribution is -2.40. The molecule has 27 heavy (non-hydrogen) atoms. The van der Waals surface area contributed by atoms with Gasteiger partial charge in [0.1, 0.15) is 6.04 Å². The Labute approximate surface area is 160 Å². The van der Waals surface area contributed by atoms with Gasteiger partial charge in [-0.2, -0.15) is 0 Å². The van der Waals surface area contributed by atoms with Crippen LogP contribution in [0, 0.1) is 5.92 Å². The number of morpholine rings is 1. The normalized spacial score (nSPS) is 20.0. The van der Waals surface area contributed by atoms with Crippen molar-refractivity contribution < 1.29 is 14.3 Å². The van der Waals surface area contributed by atoms with Crippen LogP contribution in [-0.2, 0) is 9.53 Å². The van der Waals surface area contributed by atoms with Crippen LogP contribution in [0.15, 0.2) is 18.2 Å². The van der Waals surface area contributed by atoms with E-state index in [2.05, 4.69) is 34.7 Å². The summed E-state index contributed by atoms with van der Waals surface area (Å²) in [6.45, 7) is 9.29. The average Bonchev–Trinajstić information content (AvgIpc) is 2.66. The molecular formula is C20H30N4O3. The molecule has 1 saturated heterocycles. The van der Waals surface area contributed by atoms with Crippen molar-refractivity contribution in [1.82, 2.24) is 10.2 Å². The molecule has 0 unspecified atom stereocenters. The molecule has 1 atom stereocenters. The van der Waals surface area contributed by atoms with E-state index in [4.69, 9.17) is 4.74 Å². The lowest BCUT2D eigenvalue weighted by Gasteiger charge is -2.28. The molecule has 0 aromatic heterocycles. The number of nitrogens with zero attached hydrogens (tertiary/aromatic N) is 1. The highest BCUT2D eigenvalue weighted by Crippen LogP contribution is 2.29. The number of rotatable bonds is 7. The zero-order valence-corrected chi connectivity index (χ0v) is 16.2. The molecule has 0 radical (unpaired) electrons. The Bertz CT molecular complexity index is 671. The number of amides is 2. The number of benzene rings is 1. The Hall–Kier alpha value is -2.12. The van der Waals surface area contributed by atoms with Crippen LogP contribution in [-0.4, -0.2) is 62.1 Å². The molecule has 2 aliphatic rings. The molecule has 0 saturated carbocycles. The fourth-order valence-electron chi connectivity index (χ4n) is 3.46. The first-order chi connectivity index (χ1) is 13.0. The fraction of sp³-hybridized carbons (Fsp3) is 0.600. The monoisotopic (exact) mass is 374 g/mol. The molecule has 7 heteroatoms. The van der Waals surface area contributed by atoms with Crippen LogP contribution < -0.4 is 16.0 Å². The number of hydrogen-bond acceptors (Lipinski definition) is 5. The van der Waals surface area contributed by atoms with E-state index >= 15 is 0 Å². The van der Waals surface area contributed by atoms with Gasteiger partial charge in [-0.1, -0.05) is 13.8 Å². The van der Waals surface area contributed by atoms with Crippen molar-refractivity contribution in [1.29, 1.82) is 0 Å². The van der Waals surface area contributed by atoms with E-state index in [0.29, 0.717) is 23.7 Å². The number of fused-ring (bicyclic) bond motifs is 1. The largest absolute Gasteiger partial charge is 0.379 e. The van der Waals surface area contributed by atoms with Crippen LogP contribution in [0.25, 0.3) is 0 Å². The molecule has 1 aromatic carbocycles. The number of hydrogen-bond donors (Lipinski definition) is 3. The summed E-state index contributed by atoms with van der Waals surface area (Å²) in [6.07, 6.45) is 1.68. The van der Waals surface area contributed by atoms with Crippen molar-refractivity contribution in [2.75, 3.05) is 50.0 Å². The molecule has 1 fully saturated rings. The van der Waals surface area contributed by atoms with Gasteiger partial charge in [-0.05, 0) is 43.5 Å². The van der Waals surface area contributed by atoms with E-state index < -0.39 is 0 Å².